The Balaban J connectivity index is 1.54. The number of amides is 2. The number of carbonyl (C=O) groups is 2. The predicted molar refractivity (Wildman–Crippen MR) is 92.9 cm³/mol. The molecular formula is C18H18ClN3O2. The summed E-state index contributed by atoms with van der Waals surface area (Å²) in [6.45, 7) is 0.578. The fourth-order valence-corrected chi connectivity index (χ4v) is 2.97. The van der Waals surface area contributed by atoms with Crippen molar-refractivity contribution < 1.29 is 9.59 Å². The summed E-state index contributed by atoms with van der Waals surface area (Å²) in [6.07, 6.45) is 5.00. The van der Waals surface area contributed by atoms with Crippen LogP contribution in [0.5, 0.6) is 0 Å². The number of hydrogen-bond donors (Lipinski definition) is 1. The van der Waals surface area contributed by atoms with E-state index in [4.69, 9.17) is 11.6 Å². The fraction of sp³-hybridized carbons (Fsp3) is 0.278. The van der Waals surface area contributed by atoms with Crippen molar-refractivity contribution in [3.8, 4) is 0 Å². The zero-order valence-corrected chi connectivity index (χ0v) is 13.9. The molecule has 2 aromatic rings. The Morgan fingerprint density at radius 2 is 2.08 bits per heavy atom. The average molecular weight is 344 g/mol. The first-order valence-corrected chi connectivity index (χ1v) is 8.26. The predicted octanol–water partition coefficient (Wildman–Crippen LogP) is 2.59. The van der Waals surface area contributed by atoms with Gasteiger partial charge in [0.25, 0.3) is 0 Å². The van der Waals surface area contributed by atoms with Gasteiger partial charge < -0.3 is 10.2 Å². The molecule has 1 saturated heterocycles. The lowest BCUT2D eigenvalue weighted by atomic mass is 10.1. The van der Waals surface area contributed by atoms with Gasteiger partial charge in [0.05, 0.1) is 0 Å². The third-order valence-corrected chi connectivity index (χ3v) is 4.29. The van der Waals surface area contributed by atoms with Crippen LogP contribution in [0.1, 0.15) is 18.4 Å². The Kier molecular flexibility index (Phi) is 5.11. The number of halogens is 1. The molecule has 0 spiro atoms. The van der Waals surface area contributed by atoms with Crippen molar-refractivity contribution in [3.63, 3.8) is 0 Å². The second kappa shape index (κ2) is 7.45. The molecule has 1 aliphatic heterocycles. The molecule has 5 nitrogen and oxygen atoms in total. The minimum Gasteiger partial charge on any atom is -0.344 e. The third kappa shape index (κ3) is 3.92. The first-order valence-electron chi connectivity index (χ1n) is 7.89. The number of nitrogens with one attached hydrogen (secondary N) is 1. The van der Waals surface area contributed by atoms with E-state index in [1.807, 2.05) is 24.3 Å². The van der Waals surface area contributed by atoms with Gasteiger partial charge >= 0.3 is 0 Å². The molecule has 1 unspecified atom stereocenters. The van der Waals surface area contributed by atoms with Crippen molar-refractivity contribution >= 4 is 29.1 Å². The van der Waals surface area contributed by atoms with E-state index in [0.29, 0.717) is 30.8 Å². The molecule has 6 heteroatoms. The monoisotopic (exact) mass is 343 g/mol. The number of anilines is 1. The molecule has 0 saturated carbocycles. The average Bonchev–Trinajstić information content (AvgIpc) is 2.95. The van der Waals surface area contributed by atoms with Gasteiger partial charge in [-0.15, -0.1) is 0 Å². The van der Waals surface area contributed by atoms with Crippen LogP contribution in [0.2, 0.25) is 5.02 Å². The van der Waals surface area contributed by atoms with Crippen LogP contribution in [0.3, 0.4) is 0 Å². The highest BCUT2D eigenvalue weighted by atomic mass is 35.5. The van der Waals surface area contributed by atoms with Crippen molar-refractivity contribution in [2.75, 3.05) is 11.4 Å². The number of benzene rings is 1. The smallest absolute Gasteiger partial charge is 0.249 e. The van der Waals surface area contributed by atoms with Gasteiger partial charge in [-0.25, -0.2) is 0 Å². The van der Waals surface area contributed by atoms with Crippen molar-refractivity contribution in [1.29, 1.82) is 0 Å². The summed E-state index contributed by atoms with van der Waals surface area (Å²) in [5.41, 5.74) is 1.82. The van der Waals surface area contributed by atoms with Crippen LogP contribution >= 0.6 is 11.6 Å². The molecule has 1 aliphatic rings. The van der Waals surface area contributed by atoms with Crippen molar-refractivity contribution in [2.24, 2.45) is 0 Å². The lowest BCUT2D eigenvalue weighted by Gasteiger charge is -2.17. The molecule has 2 heterocycles. The Morgan fingerprint density at radius 3 is 2.83 bits per heavy atom. The number of aromatic nitrogens is 1. The largest absolute Gasteiger partial charge is 0.344 e. The molecule has 0 radical (unpaired) electrons. The van der Waals surface area contributed by atoms with Gasteiger partial charge in [-0.05, 0) is 48.7 Å². The van der Waals surface area contributed by atoms with E-state index in [1.165, 1.54) is 0 Å². The minimum absolute atomic E-state index is 0.0884. The summed E-state index contributed by atoms with van der Waals surface area (Å²) < 4.78 is 0. The number of aryl methyl sites for hydroxylation is 1. The highest BCUT2D eigenvalue weighted by Crippen LogP contribution is 2.24. The van der Waals surface area contributed by atoms with Gasteiger partial charge in [-0.3, -0.25) is 14.6 Å². The van der Waals surface area contributed by atoms with Gasteiger partial charge in [0.1, 0.15) is 6.04 Å². The Labute approximate surface area is 145 Å². The van der Waals surface area contributed by atoms with Gasteiger partial charge in [0.2, 0.25) is 11.8 Å². The molecule has 1 N–H and O–H groups in total. The first-order chi connectivity index (χ1) is 11.6. The van der Waals surface area contributed by atoms with Crippen LogP contribution in [0.4, 0.5) is 5.69 Å². The van der Waals surface area contributed by atoms with Crippen LogP contribution < -0.4 is 10.2 Å². The molecule has 1 aromatic heterocycles. The summed E-state index contributed by atoms with van der Waals surface area (Å²) in [5, 5.41) is 3.42. The first kappa shape index (κ1) is 16.5. The highest BCUT2D eigenvalue weighted by molar-refractivity contribution is 6.31. The van der Waals surface area contributed by atoms with E-state index >= 15 is 0 Å². The summed E-state index contributed by atoms with van der Waals surface area (Å²) in [4.78, 5) is 30.2. The SMILES string of the molecule is O=C(CCc1ccncc1)NC1CCN(c2cccc(Cl)c2)C1=O. The standard InChI is InChI=1S/C18H18ClN3O2/c19-14-2-1-3-15(12-14)22-11-8-16(18(22)24)21-17(23)5-4-13-6-9-20-10-7-13/h1-3,6-7,9-10,12,16H,4-5,8,11H2,(H,21,23). The quantitative estimate of drug-likeness (QED) is 0.907. The number of hydrogen-bond acceptors (Lipinski definition) is 3. The molecular weight excluding hydrogens is 326 g/mol. The lowest BCUT2D eigenvalue weighted by Crippen LogP contribution is -2.41. The van der Waals surface area contributed by atoms with Gasteiger partial charge in [-0.2, -0.15) is 0 Å². The van der Waals surface area contributed by atoms with Crippen LogP contribution in [0.15, 0.2) is 48.8 Å². The number of rotatable bonds is 5. The van der Waals surface area contributed by atoms with Crippen LogP contribution in [-0.4, -0.2) is 29.4 Å². The zero-order chi connectivity index (χ0) is 16.9. The third-order valence-electron chi connectivity index (χ3n) is 4.05. The number of nitrogens with zero attached hydrogens (tertiary/aromatic N) is 2. The Morgan fingerprint density at radius 1 is 1.29 bits per heavy atom. The number of pyridine rings is 1. The molecule has 1 fully saturated rings. The minimum atomic E-state index is -0.464. The second-order valence-corrected chi connectivity index (χ2v) is 6.17. The Hall–Kier alpha value is -2.40. The lowest BCUT2D eigenvalue weighted by molar-refractivity contribution is -0.126. The number of carbonyl (C=O) groups excluding carboxylic acids is 2. The molecule has 1 atom stereocenters. The van der Waals surface area contributed by atoms with Gasteiger partial charge in [-0.1, -0.05) is 17.7 Å². The van der Waals surface area contributed by atoms with Crippen LogP contribution in [0.25, 0.3) is 0 Å². The molecule has 124 valence electrons. The normalized spacial score (nSPS) is 17.1. The maximum atomic E-state index is 12.5. The van der Waals surface area contributed by atoms with E-state index in [0.717, 1.165) is 11.3 Å². The summed E-state index contributed by atoms with van der Waals surface area (Å²) >= 11 is 5.98. The summed E-state index contributed by atoms with van der Waals surface area (Å²) in [5.74, 6) is -0.201. The zero-order valence-electron chi connectivity index (χ0n) is 13.1. The molecule has 2 amide bonds. The fourth-order valence-electron chi connectivity index (χ4n) is 2.79. The molecule has 0 aliphatic carbocycles. The van der Waals surface area contributed by atoms with E-state index < -0.39 is 6.04 Å². The van der Waals surface area contributed by atoms with Crippen molar-refractivity contribution in [3.05, 3.63) is 59.4 Å². The summed E-state index contributed by atoms with van der Waals surface area (Å²) in [6, 6.07) is 10.5. The van der Waals surface area contributed by atoms with E-state index in [1.54, 1.807) is 29.4 Å². The van der Waals surface area contributed by atoms with Gasteiger partial charge in [0.15, 0.2) is 0 Å². The molecule has 0 bridgehead atoms. The van der Waals surface area contributed by atoms with E-state index in [9.17, 15) is 9.59 Å². The summed E-state index contributed by atoms with van der Waals surface area (Å²) in [7, 11) is 0. The van der Waals surface area contributed by atoms with Crippen molar-refractivity contribution in [1.82, 2.24) is 10.3 Å². The second-order valence-electron chi connectivity index (χ2n) is 5.73. The van der Waals surface area contributed by atoms with Gasteiger partial charge in [0, 0.05) is 36.1 Å². The van der Waals surface area contributed by atoms with Crippen molar-refractivity contribution in [2.45, 2.75) is 25.3 Å². The van der Waals surface area contributed by atoms with Crippen LogP contribution in [0, 0.1) is 0 Å². The molecule has 1 aromatic carbocycles. The van der Waals surface area contributed by atoms with E-state index in [2.05, 4.69) is 10.3 Å². The Bertz CT molecular complexity index is 736. The highest BCUT2D eigenvalue weighted by Gasteiger charge is 2.33. The molecule has 24 heavy (non-hydrogen) atoms. The van der Waals surface area contributed by atoms with E-state index in [-0.39, 0.29) is 11.8 Å². The van der Waals surface area contributed by atoms with Crippen LogP contribution in [-0.2, 0) is 16.0 Å². The maximum Gasteiger partial charge on any atom is 0.249 e. The molecule has 3 rings (SSSR count). The maximum absolute atomic E-state index is 12.5. The topological polar surface area (TPSA) is 62.3 Å².